The molecule has 2 heteroatoms. The van der Waals surface area contributed by atoms with Crippen LogP contribution in [0.15, 0.2) is 253 Å². The van der Waals surface area contributed by atoms with Crippen LogP contribution in [0.5, 0.6) is 0 Å². The van der Waals surface area contributed by atoms with E-state index in [9.17, 15) is 0 Å². The highest BCUT2D eigenvalue weighted by atomic mass is 16.3. The maximum absolute atomic E-state index is 6.52. The van der Waals surface area contributed by atoms with E-state index in [1.54, 1.807) is 0 Å². The molecule has 0 aliphatic heterocycles. The molecule has 0 saturated carbocycles. The van der Waals surface area contributed by atoms with E-state index in [2.05, 4.69) is 261 Å². The number of fused-ring (bicyclic) bond motifs is 7. The predicted octanol–water partition coefficient (Wildman–Crippen LogP) is 18.9. The van der Waals surface area contributed by atoms with Gasteiger partial charge in [0.2, 0.25) is 0 Å². The van der Waals surface area contributed by atoms with Gasteiger partial charge in [0, 0.05) is 38.8 Å². The second kappa shape index (κ2) is 16.3. The zero-order chi connectivity index (χ0) is 46.1. The summed E-state index contributed by atoms with van der Waals surface area (Å²) < 4.78 is 6.52. The quantitative estimate of drug-likeness (QED) is 0.151. The average molecular weight is 882 g/mol. The number of benzene rings is 11. The highest BCUT2D eigenvalue weighted by Crippen LogP contribution is 2.52. The Bertz CT molecular complexity index is 3880. The number of hydrogen-bond donors (Lipinski definition) is 0. The third kappa shape index (κ3) is 6.87. The van der Waals surface area contributed by atoms with Crippen LogP contribution in [-0.2, 0) is 5.41 Å². The first-order chi connectivity index (χ1) is 34.0. The Hall–Kier alpha value is -8.72. The molecule has 13 rings (SSSR count). The molecule has 1 aliphatic rings. The maximum Gasteiger partial charge on any atom is 0.143 e. The number of nitrogens with zero attached hydrogens (tertiary/aromatic N) is 1. The van der Waals surface area contributed by atoms with Crippen LogP contribution in [0, 0.1) is 0 Å². The van der Waals surface area contributed by atoms with Crippen molar-refractivity contribution >= 4 is 49.8 Å². The summed E-state index contributed by atoms with van der Waals surface area (Å²) in [7, 11) is 0. The lowest BCUT2D eigenvalue weighted by molar-refractivity contribution is 0.660. The van der Waals surface area contributed by atoms with Crippen molar-refractivity contribution in [3.8, 4) is 66.8 Å². The summed E-state index contributed by atoms with van der Waals surface area (Å²) in [6, 6.07) is 90.5. The number of rotatable bonds is 8. The lowest BCUT2D eigenvalue weighted by atomic mass is 9.81. The van der Waals surface area contributed by atoms with E-state index in [1.165, 1.54) is 83.1 Å². The van der Waals surface area contributed by atoms with E-state index in [4.69, 9.17) is 4.42 Å². The second-order valence-electron chi connectivity index (χ2n) is 18.8. The van der Waals surface area contributed by atoms with Gasteiger partial charge in [0.15, 0.2) is 0 Å². The van der Waals surface area contributed by atoms with Crippen LogP contribution in [0.3, 0.4) is 0 Å². The molecule has 69 heavy (non-hydrogen) atoms. The van der Waals surface area contributed by atoms with E-state index in [0.717, 1.165) is 44.6 Å². The van der Waals surface area contributed by atoms with Crippen molar-refractivity contribution in [3.05, 3.63) is 260 Å². The Labute approximate surface area is 403 Å². The van der Waals surface area contributed by atoms with Crippen molar-refractivity contribution in [1.82, 2.24) is 0 Å². The minimum absolute atomic E-state index is 0.253. The van der Waals surface area contributed by atoms with E-state index in [-0.39, 0.29) is 5.41 Å². The zero-order valence-corrected chi connectivity index (χ0v) is 38.5. The van der Waals surface area contributed by atoms with Crippen molar-refractivity contribution in [1.29, 1.82) is 0 Å². The Kier molecular flexibility index (Phi) is 9.55. The van der Waals surface area contributed by atoms with E-state index in [0.29, 0.717) is 0 Å². The largest absolute Gasteiger partial charge is 0.455 e. The third-order valence-electron chi connectivity index (χ3n) is 14.5. The van der Waals surface area contributed by atoms with Gasteiger partial charge in [0.1, 0.15) is 11.2 Å². The van der Waals surface area contributed by atoms with Crippen LogP contribution in [-0.4, -0.2) is 0 Å². The second-order valence-corrected chi connectivity index (χ2v) is 18.8. The summed E-state index contributed by atoms with van der Waals surface area (Å²) >= 11 is 0. The number of hydrogen-bond acceptors (Lipinski definition) is 2. The van der Waals surface area contributed by atoms with Crippen LogP contribution in [0.1, 0.15) is 25.0 Å². The SMILES string of the molecule is CC1(C)c2cc(-c3cccc4c3oc3ccccc34)ccc2-c2ccc(N(c3ccc(-c4ccc(-c5ccccc5)cc4)cc3)c3ccc(-c4ccc(-c5ccccc5)c5ccccc45)cc3)cc21. The highest BCUT2D eigenvalue weighted by Gasteiger charge is 2.36. The summed E-state index contributed by atoms with van der Waals surface area (Å²) in [6.45, 7) is 4.74. The van der Waals surface area contributed by atoms with Crippen LogP contribution in [0.2, 0.25) is 0 Å². The van der Waals surface area contributed by atoms with Gasteiger partial charge in [-0.2, -0.15) is 0 Å². The average Bonchev–Trinajstić information content (AvgIpc) is 3.90. The Morgan fingerprint density at radius 1 is 0.290 bits per heavy atom. The van der Waals surface area contributed by atoms with Crippen molar-refractivity contribution in [3.63, 3.8) is 0 Å². The number of para-hydroxylation sites is 2. The summed E-state index contributed by atoms with van der Waals surface area (Å²) in [5.74, 6) is 0. The molecule has 0 radical (unpaired) electrons. The highest BCUT2D eigenvalue weighted by molar-refractivity contribution is 6.10. The minimum Gasteiger partial charge on any atom is -0.455 e. The molecule has 0 spiro atoms. The van der Waals surface area contributed by atoms with Gasteiger partial charge in [-0.25, -0.2) is 0 Å². The first kappa shape index (κ1) is 40.5. The maximum atomic E-state index is 6.52. The number of anilines is 3. The molecule has 0 atom stereocenters. The molecule has 0 saturated heterocycles. The van der Waals surface area contributed by atoms with Crippen LogP contribution >= 0.6 is 0 Å². The molecule has 0 amide bonds. The summed E-state index contributed by atoms with van der Waals surface area (Å²) in [6.07, 6.45) is 0. The van der Waals surface area contributed by atoms with Gasteiger partial charge >= 0.3 is 0 Å². The molecule has 1 aromatic heterocycles. The Morgan fingerprint density at radius 3 is 1.33 bits per heavy atom. The molecule has 0 fully saturated rings. The van der Waals surface area contributed by atoms with Gasteiger partial charge < -0.3 is 9.32 Å². The van der Waals surface area contributed by atoms with Crippen LogP contribution < -0.4 is 4.90 Å². The molecule has 1 aliphatic carbocycles. The van der Waals surface area contributed by atoms with E-state index >= 15 is 0 Å². The normalized spacial score (nSPS) is 12.6. The third-order valence-corrected chi connectivity index (χ3v) is 14.5. The van der Waals surface area contributed by atoms with Crippen LogP contribution in [0.25, 0.3) is 99.5 Å². The van der Waals surface area contributed by atoms with Crippen molar-refractivity contribution in [2.24, 2.45) is 0 Å². The van der Waals surface area contributed by atoms with Crippen molar-refractivity contribution in [2.45, 2.75) is 19.3 Å². The molecule has 0 bridgehead atoms. The molecular weight excluding hydrogens is 835 g/mol. The molecule has 2 nitrogen and oxygen atoms in total. The number of furan rings is 1. The fourth-order valence-electron chi connectivity index (χ4n) is 11.0. The molecule has 326 valence electrons. The fraction of sp³-hybridized carbons (Fsp3) is 0.0448. The molecule has 0 unspecified atom stereocenters. The van der Waals surface area contributed by atoms with Gasteiger partial charge in [-0.05, 0) is 132 Å². The van der Waals surface area contributed by atoms with Crippen molar-refractivity contribution < 1.29 is 4.42 Å². The van der Waals surface area contributed by atoms with Gasteiger partial charge in [0.25, 0.3) is 0 Å². The molecule has 11 aromatic carbocycles. The first-order valence-electron chi connectivity index (χ1n) is 23.9. The Morgan fingerprint density at radius 2 is 0.710 bits per heavy atom. The Balaban J connectivity index is 0.888. The van der Waals surface area contributed by atoms with E-state index < -0.39 is 0 Å². The first-order valence-corrected chi connectivity index (χ1v) is 23.9. The topological polar surface area (TPSA) is 16.4 Å². The van der Waals surface area contributed by atoms with Gasteiger partial charge in [-0.15, -0.1) is 0 Å². The van der Waals surface area contributed by atoms with Gasteiger partial charge in [-0.3, -0.25) is 0 Å². The van der Waals surface area contributed by atoms with Gasteiger partial charge in [-0.1, -0.05) is 214 Å². The summed E-state index contributed by atoms with van der Waals surface area (Å²) in [5, 5.41) is 4.79. The zero-order valence-electron chi connectivity index (χ0n) is 38.5. The van der Waals surface area contributed by atoms with Crippen molar-refractivity contribution in [2.75, 3.05) is 4.90 Å². The molecule has 1 heterocycles. The standard InChI is InChI=1S/C67H47NO/c1-67(2)63-42-50(56-21-13-22-62-61-20-11-12-23-65(61)69-66(56)62)32-38-59(63)60-39-37-53(43-64(60)67)68(51-33-28-47(29-34-51)46-26-24-45(25-27-46)44-14-5-3-6-15-44)52-35-30-49(31-36-52)55-41-40-54(48-16-7-4-8-17-48)57-18-9-10-19-58(55)57/h3-43H,1-2H3. The fourth-order valence-corrected chi connectivity index (χ4v) is 11.0. The molecular formula is C67H47NO. The van der Waals surface area contributed by atoms with Gasteiger partial charge in [0.05, 0.1) is 0 Å². The molecule has 0 N–H and O–H groups in total. The minimum atomic E-state index is -0.253. The summed E-state index contributed by atoms with van der Waals surface area (Å²) in [4.78, 5) is 2.41. The van der Waals surface area contributed by atoms with E-state index in [1.807, 2.05) is 6.07 Å². The smallest absolute Gasteiger partial charge is 0.143 e. The predicted molar refractivity (Wildman–Crippen MR) is 291 cm³/mol. The lowest BCUT2D eigenvalue weighted by Crippen LogP contribution is -2.16. The molecule has 12 aromatic rings. The monoisotopic (exact) mass is 881 g/mol. The summed E-state index contributed by atoms with van der Waals surface area (Å²) in [5.41, 5.74) is 22.1. The van der Waals surface area contributed by atoms with Crippen LogP contribution in [0.4, 0.5) is 17.1 Å². The lowest BCUT2D eigenvalue weighted by Gasteiger charge is -2.28.